The van der Waals surface area contributed by atoms with Crippen LogP contribution >= 0.6 is 11.8 Å². The summed E-state index contributed by atoms with van der Waals surface area (Å²) in [7, 11) is -0.381. The van der Waals surface area contributed by atoms with E-state index in [1.165, 1.54) is 25.3 Å². The summed E-state index contributed by atoms with van der Waals surface area (Å²) in [5, 5.41) is 17.8. The minimum atomic E-state index is -4.29. The lowest BCUT2D eigenvalue weighted by molar-refractivity contribution is -0.105. The molecule has 1 rings (SSSR count). The Hall–Kier alpha value is -0.855. The first-order valence-corrected chi connectivity index (χ1v) is 5.55. The molecule has 1 aromatic carbocycles. The lowest BCUT2D eigenvalue weighted by Gasteiger charge is -2.11. The summed E-state index contributed by atoms with van der Waals surface area (Å²) >= 11 is 0.538. The number of rotatable bonds is 4. The first-order valence-electron chi connectivity index (χ1n) is 4.57. The fraction of sp³-hybridized carbons (Fsp3) is 0.333. The van der Waals surface area contributed by atoms with E-state index in [1.807, 2.05) is 0 Å². The van der Waals surface area contributed by atoms with Crippen molar-refractivity contribution in [2.75, 3.05) is 12.9 Å². The van der Waals surface area contributed by atoms with Crippen molar-refractivity contribution in [2.24, 2.45) is 0 Å². The van der Waals surface area contributed by atoms with Crippen LogP contribution in [0.3, 0.4) is 0 Å². The molecule has 3 nitrogen and oxygen atoms in total. The molecular formula is C9H10BF3O3S. The summed E-state index contributed by atoms with van der Waals surface area (Å²) in [4.78, 5) is 0.218. The summed E-state index contributed by atoms with van der Waals surface area (Å²) in [5.41, 5.74) is 0.121. The minimum Gasteiger partial charge on any atom is -0.496 e. The predicted molar refractivity (Wildman–Crippen MR) is 59.6 cm³/mol. The first-order chi connectivity index (χ1) is 7.83. The van der Waals surface area contributed by atoms with Crippen molar-refractivity contribution >= 4 is 24.3 Å². The van der Waals surface area contributed by atoms with Crippen LogP contribution in [0.1, 0.15) is 0 Å². The fourth-order valence-electron chi connectivity index (χ4n) is 1.13. The van der Waals surface area contributed by atoms with Crippen molar-refractivity contribution in [1.29, 1.82) is 0 Å². The summed E-state index contributed by atoms with van der Waals surface area (Å²) in [5.74, 6) is -0.794. The van der Waals surface area contributed by atoms with Gasteiger partial charge in [-0.15, -0.1) is 11.8 Å². The van der Waals surface area contributed by atoms with Gasteiger partial charge >= 0.3 is 13.3 Å². The van der Waals surface area contributed by atoms with Crippen LogP contribution in [0.25, 0.3) is 0 Å². The van der Waals surface area contributed by atoms with Crippen LogP contribution in [0.4, 0.5) is 13.2 Å². The summed E-state index contributed by atoms with van der Waals surface area (Å²) < 4.78 is 41.1. The fourth-order valence-corrected chi connectivity index (χ4v) is 1.96. The molecule has 94 valence electrons. The second-order valence-electron chi connectivity index (χ2n) is 3.19. The standard InChI is InChI=1S/C9H10BF3O3S/c1-16-7-3-2-6(10(14)15)4-8(7)17-5-9(11,12)13/h2-4,14-15H,5H2,1H3. The molecule has 0 saturated heterocycles. The molecule has 0 heterocycles. The third kappa shape index (κ3) is 4.49. The number of ether oxygens (including phenoxy) is 1. The van der Waals surface area contributed by atoms with Crippen molar-refractivity contribution in [3.8, 4) is 5.75 Å². The van der Waals surface area contributed by atoms with Crippen molar-refractivity contribution in [2.45, 2.75) is 11.1 Å². The van der Waals surface area contributed by atoms with E-state index in [0.717, 1.165) is 0 Å². The van der Waals surface area contributed by atoms with Crippen LogP contribution in [0.15, 0.2) is 23.1 Å². The molecule has 0 unspecified atom stereocenters. The van der Waals surface area contributed by atoms with Gasteiger partial charge in [-0.05, 0) is 17.6 Å². The second-order valence-corrected chi connectivity index (χ2v) is 4.20. The van der Waals surface area contributed by atoms with E-state index in [0.29, 0.717) is 11.8 Å². The Kier molecular flexibility index (Phi) is 4.73. The largest absolute Gasteiger partial charge is 0.496 e. The van der Waals surface area contributed by atoms with E-state index >= 15 is 0 Å². The highest BCUT2D eigenvalue weighted by Gasteiger charge is 2.28. The molecule has 0 radical (unpaired) electrons. The number of methoxy groups -OCH3 is 1. The van der Waals surface area contributed by atoms with Crippen LogP contribution in [0.2, 0.25) is 0 Å². The lowest BCUT2D eigenvalue weighted by Crippen LogP contribution is -2.29. The van der Waals surface area contributed by atoms with Gasteiger partial charge in [-0.25, -0.2) is 0 Å². The predicted octanol–water partition coefficient (Wildman–Crippen LogP) is 1.03. The average Bonchev–Trinajstić information content (AvgIpc) is 2.24. The quantitative estimate of drug-likeness (QED) is 0.631. The number of halogens is 3. The van der Waals surface area contributed by atoms with Gasteiger partial charge in [0.2, 0.25) is 0 Å². The normalized spacial score (nSPS) is 11.4. The number of hydrogen-bond donors (Lipinski definition) is 2. The van der Waals surface area contributed by atoms with Gasteiger partial charge < -0.3 is 14.8 Å². The third-order valence-corrected chi connectivity index (χ3v) is 2.98. The molecule has 0 amide bonds. The Bertz CT molecular complexity index is 384. The third-order valence-electron chi connectivity index (χ3n) is 1.88. The van der Waals surface area contributed by atoms with Crippen molar-refractivity contribution in [1.82, 2.24) is 0 Å². The SMILES string of the molecule is COc1ccc(B(O)O)cc1SCC(F)(F)F. The summed E-state index contributed by atoms with van der Waals surface area (Å²) in [6.07, 6.45) is -4.29. The highest BCUT2D eigenvalue weighted by molar-refractivity contribution is 7.99. The topological polar surface area (TPSA) is 49.7 Å². The number of thioether (sulfide) groups is 1. The number of benzene rings is 1. The van der Waals surface area contributed by atoms with E-state index in [-0.39, 0.29) is 16.1 Å². The van der Waals surface area contributed by atoms with E-state index in [2.05, 4.69) is 0 Å². The van der Waals surface area contributed by atoms with Gasteiger partial charge in [-0.1, -0.05) is 6.07 Å². The summed E-state index contributed by atoms with van der Waals surface area (Å²) in [6.45, 7) is 0. The highest BCUT2D eigenvalue weighted by atomic mass is 32.2. The Labute approximate surface area is 101 Å². The molecule has 0 spiro atoms. The molecule has 0 aromatic heterocycles. The molecule has 17 heavy (non-hydrogen) atoms. The summed E-state index contributed by atoms with van der Waals surface area (Å²) in [6, 6.07) is 4.04. The number of hydrogen-bond acceptors (Lipinski definition) is 4. The Morgan fingerprint density at radius 3 is 2.47 bits per heavy atom. The maximum atomic E-state index is 12.1. The molecule has 0 bridgehead atoms. The van der Waals surface area contributed by atoms with Gasteiger partial charge in [-0.3, -0.25) is 0 Å². The smallest absolute Gasteiger partial charge is 0.488 e. The van der Waals surface area contributed by atoms with Crippen LogP contribution in [0.5, 0.6) is 5.75 Å². The zero-order valence-electron chi connectivity index (χ0n) is 8.86. The Morgan fingerprint density at radius 1 is 1.35 bits per heavy atom. The minimum absolute atomic E-state index is 0.121. The molecule has 0 aliphatic carbocycles. The molecule has 0 fully saturated rings. The van der Waals surface area contributed by atoms with Gasteiger partial charge in [0, 0.05) is 4.90 Å². The van der Waals surface area contributed by atoms with Crippen LogP contribution in [-0.4, -0.2) is 36.2 Å². The van der Waals surface area contributed by atoms with Gasteiger partial charge in [0.05, 0.1) is 12.9 Å². The zero-order valence-corrected chi connectivity index (χ0v) is 9.68. The average molecular weight is 266 g/mol. The molecule has 0 aliphatic rings. The van der Waals surface area contributed by atoms with Gasteiger partial charge in [0.1, 0.15) is 5.75 Å². The van der Waals surface area contributed by atoms with E-state index in [4.69, 9.17) is 14.8 Å². The van der Waals surface area contributed by atoms with Crippen molar-refractivity contribution in [3.63, 3.8) is 0 Å². The van der Waals surface area contributed by atoms with E-state index < -0.39 is 19.0 Å². The maximum absolute atomic E-state index is 12.1. The maximum Gasteiger partial charge on any atom is 0.488 e. The van der Waals surface area contributed by atoms with Crippen LogP contribution in [0, 0.1) is 0 Å². The van der Waals surface area contributed by atoms with E-state index in [1.54, 1.807) is 0 Å². The molecule has 0 saturated carbocycles. The first kappa shape index (κ1) is 14.2. The molecule has 1 aromatic rings. The van der Waals surface area contributed by atoms with Crippen LogP contribution < -0.4 is 10.2 Å². The second kappa shape index (κ2) is 5.66. The Morgan fingerprint density at radius 2 is 2.00 bits per heavy atom. The molecule has 2 N–H and O–H groups in total. The van der Waals surface area contributed by atoms with Crippen molar-refractivity contribution in [3.05, 3.63) is 18.2 Å². The van der Waals surface area contributed by atoms with E-state index in [9.17, 15) is 13.2 Å². The van der Waals surface area contributed by atoms with Gasteiger partial charge in [0.15, 0.2) is 0 Å². The van der Waals surface area contributed by atoms with Gasteiger partial charge in [0.25, 0.3) is 0 Å². The molecule has 0 atom stereocenters. The zero-order chi connectivity index (χ0) is 13.1. The molecule has 8 heteroatoms. The van der Waals surface area contributed by atoms with Crippen LogP contribution in [-0.2, 0) is 0 Å². The van der Waals surface area contributed by atoms with Gasteiger partial charge in [-0.2, -0.15) is 13.2 Å². The Balaban J connectivity index is 2.90. The highest BCUT2D eigenvalue weighted by Crippen LogP contribution is 2.32. The van der Waals surface area contributed by atoms with Crippen molar-refractivity contribution < 1.29 is 28.0 Å². The monoisotopic (exact) mass is 266 g/mol. The lowest BCUT2D eigenvalue weighted by atomic mass is 9.80. The molecule has 0 aliphatic heterocycles. The molecular weight excluding hydrogens is 256 g/mol. The number of alkyl halides is 3.